The van der Waals surface area contributed by atoms with Gasteiger partial charge in [0.2, 0.25) is 0 Å². The molecular weight excluding hydrogens is 318 g/mol. The normalized spacial score (nSPS) is 21.6. The van der Waals surface area contributed by atoms with E-state index in [0.717, 1.165) is 30.3 Å². The molecule has 2 unspecified atom stereocenters. The minimum absolute atomic E-state index is 0.176. The number of nitrogens with zero attached hydrogens (tertiary/aromatic N) is 1. The van der Waals surface area contributed by atoms with Crippen molar-refractivity contribution in [3.05, 3.63) is 34.3 Å². The number of likely N-dealkylation sites (tertiary alicyclic amines) is 1. The summed E-state index contributed by atoms with van der Waals surface area (Å²) in [5.74, 6) is -0.687. The zero-order chi connectivity index (χ0) is 14.5. The molecule has 20 heavy (non-hydrogen) atoms. The molecule has 1 aliphatic rings. The minimum atomic E-state index is -0.687. The first-order valence-electron chi connectivity index (χ1n) is 7.34. The lowest BCUT2D eigenvalue weighted by Gasteiger charge is -2.40. The van der Waals surface area contributed by atoms with Crippen LogP contribution in [0.5, 0.6) is 0 Å². The summed E-state index contributed by atoms with van der Waals surface area (Å²) in [4.78, 5) is 13.5. The molecule has 0 saturated carbocycles. The molecule has 1 aromatic carbocycles. The third-order valence-electron chi connectivity index (χ3n) is 4.12. The quantitative estimate of drug-likeness (QED) is 0.872. The van der Waals surface area contributed by atoms with E-state index in [2.05, 4.69) is 52.0 Å². The second-order valence-electron chi connectivity index (χ2n) is 5.46. The fourth-order valence-corrected chi connectivity index (χ4v) is 3.46. The highest BCUT2D eigenvalue weighted by atomic mass is 79.9. The molecular formula is C16H22BrNO2. The Labute approximate surface area is 129 Å². The standard InChI is InChI=1S/C16H22BrNO2/c1-2-15(12-6-8-13(17)9-7-12)18-10-4-3-5-14(18)11-16(19)20/h6-9,14-15H,2-5,10-11H2,1H3,(H,19,20). The molecule has 0 radical (unpaired) electrons. The van der Waals surface area contributed by atoms with Gasteiger partial charge < -0.3 is 5.11 Å². The molecule has 2 atom stereocenters. The highest BCUT2D eigenvalue weighted by molar-refractivity contribution is 9.10. The Morgan fingerprint density at radius 3 is 2.70 bits per heavy atom. The Balaban J connectivity index is 2.19. The van der Waals surface area contributed by atoms with Gasteiger partial charge in [0.25, 0.3) is 0 Å². The smallest absolute Gasteiger partial charge is 0.304 e. The number of piperidine rings is 1. The van der Waals surface area contributed by atoms with Crippen LogP contribution in [0.1, 0.15) is 50.6 Å². The largest absolute Gasteiger partial charge is 0.481 e. The van der Waals surface area contributed by atoms with E-state index in [1.54, 1.807) is 0 Å². The van der Waals surface area contributed by atoms with Crippen molar-refractivity contribution in [3.8, 4) is 0 Å². The molecule has 0 spiro atoms. The zero-order valence-electron chi connectivity index (χ0n) is 11.9. The van der Waals surface area contributed by atoms with Crippen molar-refractivity contribution in [3.63, 3.8) is 0 Å². The van der Waals surface area contributed by atoms with Crippen LogP contribution in [0.25, 0.3) is 0 Å². The number of hydrogen-bond acceptors (Lipinski definition) is 2. The maximum absolute atomic E-state index is 11.1. The Morgan fingerprint density at radius 2 is 2.10 bits per heavy atom. The van der Waals surface area contributed by atoms with Crippen LogP contribution in [0.15, 0.2) is 28.7 Å². The summed E-state index contributed by atoms with van der Waals surface area (Å²) in [7, 11) is 0. The Hall–Kier alpha value is -0.870. The van der Waals surface area contributed by atoms with Gasteiger partial charge in [-0.05, 0) is 43.5 Å². The molecule has 1 aliphatic heterocycles. The van der Waals surface area contributed by atoms with Crippen LogP contribution >= 0.6 is 15.9 Å². The molecule has 1 heterocycles. The summed E-state index contributed by atoms with van der Waals surface area (Å²) >= 11 is 3.47. The molecule has 0 bridgehead atoms. The van der Waals surface area contributed by atoms with E-state index >= 15 is 0 Å². The first kappa shape index (κ1) is 15.5. The summed E-state index contributed by atoms with van der Waals surface area (Å²) in [6.45, 7) is 3.19. The Kier molecular flexibility index (Phi) is 5.61. The molecule has 110 valence electrons. The summed E-state index contributed by atoms with van der Waals surface area (Å²) in [6, 6.07) is 8.92. The number of aliphatic carboxylic acids is 1. The van der Waals surface area contributed by atoms with Crippen molar-refractivity contribution in [2.45, 2.75) is 51.1 Å². The van der Waals surface area contributed by atoms with Gasteiger partial charge in [-0.15, -0.1) is 0 Å². The number of benzene rings is 1. The topological polar surface area (TPSA) is 40.5 Å². The Bertz CT molecular complexity index is 446. The fourth-order valence-electron chi connectivity index (χ4n) is 3.20. The van der Waals surface area contributed by atoms with Gasteiger partial charge in [-0.3, -0.25) is 9.69 Å². The van der Waals surface area contributed by atoms with Gasteiger partial charge in [-0.2, -0.15) is 0 Å². The number of carbonyl (C=O) groups is 1. The monoisotopic (exact) mass is 339 g/mol. The average molecular weight is 340 g/mol. The number of hydrogen-bond donors (Lipinski definition) is 1. The second kappa shape index (κ2) is 7.23. The molecule has 0 aliphatic carbocycles. The summed E-state index contributed by atoms with van der Waals surface area (Å²) in [6.07, 6.45) is 4.58. The van der Waals surface area contributed by atoms with Crippen molar-refractivity contribution < 1.29 is 9.90 Å². The minimum Gasteiger partial charge on any atom is -0.481 e. The number of carboxylic acids is 1. The number of halogens is 1. The van der Waals surface area contributed by atoms with Gasteiger partial charge in [0.15, 0.2) is 0 Å². The van der Waals surface area contributed by atoms with Crippen LogP contribution in [0.2, 0.25) is 0 Å². The lowest BCUT2D eigenvalue weighted by molar-refractivity contribution is -0.139. The van der Waals surface area contributed by atoms with Gasteiger partial charge in [0.1, 0.15) is 0 Å². The first-order chi connectivity index (χ1) is 9.61. The number of carboxylic acid groups (broad SMARTS) is 1. The lowest BCUT2D eigenvalue weighted by Crippen LogP contribution is -2.43. The maximum Gasteiger partial charge on any atom is 0.304 e. The molecule has 1 saturated heterocycles. The van der Waals surface area contributed by atoms with E-state index in [1.165, 1.54) is 12.0 Å². The molecule has 2 rings (SSSR count). The summed E-state index contributed by atoms with van der Waals surface area (Å²) in [5.41, 5.74) is 1.29. The third kappa shape index (κ3) is 3.83. The maximum atomic E-state index is 11.1. The van der Waals surface area contributed by atoms with Crippen molar-refractivity contribution in [2.24, 2.45) is 0 Å². The summed E-state index contributed by atoms with van der Waals surface area (Å²) in [5, 5.41) is 9.11. The van der Waals surface area contributed by atoms with Crippen molar-refractivity contribution in [1.82, 2.24) is 4.90 Å². The molecule has 1 fully saturated rings. The van der Waals surface area contributed by atoms with E-state index in [4.69, 9.17) is 5.11 Å². The van der Waals surface area contributed by atoms with Gasteiger partial charge in [0.05, 0.1) is 6.42 Å². The number of rotatable bonds is 5. The van der Waals surface area contributed by atoms with Crippen molar-refractivity contribution in [2.75, 3.05) is 6.54 Å². The van der Waals surface area contributed by atoms with Crippen molar-refractivity contribution in [1.29, 1.82) is 0 Å². The lowest BCUT2D eigenvalue weighted by atomic mass is 9.93. The predicted octanol–water partition coefficient (Wildman–Crippen LogP) is 4.23. The molecule has 0 amide bonds. The van der Waals surface area contributed by atoms with Crippen LogP contribution in [0.3, 0.4) is 0 Å². The van der Waals surface area contributed by atoms with E-state index in [9.17, 15) is 4.79 Å². The van der Waals surface area contributed by atoms with Crippen LogP contribution < -0.4 is 0 Å². The highest BCUT2D eigenvalue weighted by Gasteiger charge is 2.30. The van der Waals surface area contributed by atoms with Crippen molar-refractivity contribution >= 4 is 21.9 Å². The van der Waals surface area contributed by atoms with Crippen LogP contribution in [-0.2, 0) is 4.79 Å². The van der Waals surface area contributed by atoms with Crippen LogP contribution in [0, 0.1) is 0 Å². The molecule has 1 N–H and O–H groups in total. The zero-order valence-corrected chi connectivity index (χ0v) is 13.5. The highest BCUT2D eigenvalue weighted by Crippen LogP contribution is 2.32. The molecule has 4 heteroatoms. The van der Waals surface area contributed by atoms with Gasteiger partial charge in [-0.25, -0.2) is 0 Å². The summed E-state index contributed by atoms with van der Waals surface area (Å²) < 4.78 is 1.08. The third-order valence-corrected chi connectivity index (χ3v) is 4.65. The Morgan fingerprint density at radius 1 is 1.40 bits per heavy atom. The molecule has 1 aromatic rings. The SMILES string of the molecule is CCC(c1ccc(Br)cc1)N1CCCCC1CC(=O)O. The van der Waals surface area contributed by atoms with Gasteiger partial charge in [-0.1, -0.05) is 41.4 Å². The molecule has 3 nitrogen and oxygen atoms in total. The van der Waals surface area contributed by atoms with Gasteiger partial charge >= 0.3 is 5.97 Å². The van der Waals surface area contributed by atoms with E-state index < -0.39 is 5.97 Å². The predicted molar refractivity (Wildman–Crippen MR) is 83.8 cm³/mol. The van der Waals surface area contributed by atoms with Gasteiger partial charge in [0, 0.05) is 16.6 Å². The average Bonchev–Trinajstić information content (AvgIpc) is 2.43. The van der Waals surface area contributed by atoms with E-state index in [0.29, 0.717) is 6.04 Å². The second-order valence-corrected chi connectivity index (χ2v) is 6.38. The first-order valence-corrected chi connectivity index (χ1v) is 8.14. The van der Waals surface area contributed by atoms with Crippen LogP contribution in [-0.4, -0.2) is 28.6 Å². The van der Waals surface area contributed by atoms with E-state index in [-0.39, 0.29) is 12.5 Å². The van der Waals surface area contributed by atoms with E-state index in [1.807, 2.05) is 0 Å². The van der Waals surface area contributed by atoms with Crippen LogP contribution in [0.4, 0.5) is 0 Å². The molecule has 0 aromatic heterocycles. The fraction of sp³-hybridized carbons (Fsp3) is 0.562.